The van der Waals surface area contributed by atoms with Crippen LogP contribution in [-0.4, -0.2) is 29.6 Å². The molecule has 21 heavy (non-hydrogen) atoms. The van der Waals surface area contributed by atoms with Gasteiger partial charge < -0.3 is 5.73 Å². The van der Waals surface area contributed by atoms with E-state index >= 15 is 0 Å². The molecule has 1 aliphatic heterocycles. The topological polar surface area (TPSA) is 29.3 Å². The number of likely N-dealkylation sites (tertiary alicyclic amines) is 1. The van der Waals surface area contributed by atoms with E-state index in [2.05, 4.69) is 32.6 Å². The van der Waals surface area contributed by atoms with Crippen LogP contribution in [0.3, 0.4) is 0 Å². The highest BCUT2D eigenvalue weighted by atomic mass is 15.3. The van der Waals surface area contributed by atoms with E-state index in [-0.39, 0.29) is 5.54 Å². The van der Waals surface area contributed by atoms with E-state index < -0.39 is 0 Å². The number of nitrogens with zero attached hydrogens (tertiary/aromatic N) is 1. The molecule has 2 nitrogen and oxygen atoms in total. The molecule has 0 aromatic rings. The third-order valence-corrected chi connectivity index (χ3v) is 5.81. The third-order valence-electron chi connectivity index (χ3n) is 5.81. The molecule has 0 spiro atoms. The second-order valence-corrected chi connectivity index (χ2v) is 8.57. The van der Waals surface area contributed by atoms with E-state index in [4.69, 9.17) is 5.73 Å². The van der Waals surface area contributed by atoms with Crippen LogP contribution in [0.4, 0.5) is 0 Å². The molecule has 0 amide bonds. The van der Waals surface area contributed by atoms with E-state index in [1.165, 1.54) is 57.9 Å². The molecule has 2 N–H and O–H groups in total. The van der Waals surface area contributed by atoms with Gasteiger partial charge in [-0.1, -0.05) is 40.5 Å². The van der Waals surface area contributed by atoms with Gasteiger partial charge in [0.15, 0.2) is 0 Å². The molecule has 1 aliphatic carbocycles. The Bertz CT molecular complexity index is 295. The largest absolute Gasteiger partial charge is 0.329 e. The van der Waals surface area contributed by atoms with Gasteiger partial charge in [-0.25, -0.2) is 0 Å². The third kappa shape index (κ3) is 4.01. The smallest absolute Gasteiger partial charge is 0.0339 e. The molecule has 1 heterocycles. The molecular weight excluding hydrogens is 256 g/mol. The van der Waals surface area contributed by atoms with Crippen LogP contribution in [0.1, 0.15) is 79.1 Å². The molecule has 1 saturated carbocycles. The Balaban J connectivity index is 2.20. The predicted octanol–water partition coefficient (Wildman–Crippen LogP) is 4.43. The lowest BCUT2D eigenvalue weighted by Gasteiger charge is -2.48. The van der Waals surface area contributed by atoms with Gasteiger partial charge in [0.2, 0.25) is 0 Å². The van der Waals surface area contributed by atoms with Crippen LogP contribution in [0.15, 0.2) is 0 Å². The molecule has 124 valence electrons. The summed E-state index contributed by atoms with van der Waals surface area (Å²) >= 11 is 0. The first kappa shape index (κ1) is 17.3. The van der Waals surface area contributed by atoms with Crippen molar-refractivity contribution >= 4 is 0 Å². The average molecular weight is 295 g/mol. The van der Waals surface area contributed by atoms with Crippen LogP contribution in [-0.2, 0) is 0 Å². The summed E-state index contributed by atoms with van der Waals surface area (Å²) in [4.78, 5) is 2.89. The van der Waals surface area contributed by atoms with Crippen LogP contribution in [0.5, 0.6) is 0 Å². The van der Waals surface area contributed by atoms with E-state index in [1.54, 1.807) is 0 Å². The highest BCUT2D eigenvalue weighted by molar-refractivity contribution is 5.01. The molecule has 1 atom stereocenters. The van der Waals surface area contributed by atoms with Crippen molar-refractivity contribution in [3.8, 4) is 0 Å². The number of rotatable bonds is 7. The van der Waals surface area contributed by atoms with Crippen LogP contribution >= 0.6 is 0 Å². The van der Waals surface area contributed by atoms with Crippen molar-refractivity contribution < 1.29 is 0 Å². The van der Waals surface area contributed by atoms with Crippen molar-refractivity contribution in [2.24, 2.45) is 23.5 Å². The molecule has 0 radical (unpaired) electrons. The van der Waals surface area contributed by atoms with E-state index in [1.807, 2.05) is 0 Å². The molecule has 1 unspecified atom stereocenters. The fourth-order valence-electron chi connectivity index (χ4n) is 5.34. The molecule has 0 bridgehead atoms. The summed E-state index contributed by atoms with van der Waals surface area (Å²) in [5, 5.41) is 0. The lowest BCUT2D eigenvalue weighted by Crippen LogP contribution is -2.58. The minimum absolute atomic E-state index is 0.256. The normalized spacial score (nSPS) is 25.6. The Morgan fingerprint density at radius 1 is 0.952 bits per heavy atom. The molecule has 2 aliphatic rings. The molecule has 2 heteroatoms. The highest BCUT2D eigenvalue weighted by Crippen LogP contribution is 2.42. The van der Waals surface area contributed by atoms with Gasteiger partial charge in [0, 0.05) is 18.1 Å². The van der Waals surface area contributed by atoms with Crippen molar-refractivity contribution in [1.29, 1.82) is 0 Å². The van der Waals surface area contributed by atoms with Crippen molar-refractivity contribution in [2.45, 2.75) is 90.6 Å². The standard InChI is InChI=1S/C19H38N2/c1-15(2)12-19(14-20,13-16(3)4)21-11-7-10-18(21)17-8-5-6-9-17/h15-18H,5-14,20H2,1-4H3. The van der Waals surface area contributed by atoms with Gasteiger partial charge in [-0.05, 0) is 62.8 Å². The first-order chi connectivity index (χ1) is 9.98. The minimum atomic E-state index is 0.256. The van der Waals surface area contributed by atoms with Crippen molar-refractivity contribution in [2.75, 3.05) is 13.1 Å². The zero-order chi connectivity index (χ0) is 15.5. The van der Waals surface area contributed by atoms with Gasteiger partial charge in [0.05, 0.1) is 0 Å². The summed E-state index contributed by atoms with van der Waals surface area (Å²) < 4.78 is 0. The summed E-state index contributed by atoms with van der Waals surface area (Å²) in [5.74, 6) is 2.42. The predicted molar refractivity (Wildman–Crippen MR) is 92.4 cm³/mol. The quantitative estimate of drug-likeness (QED) is 0.752. The summed E-state index contributed by atoms with van der Waals surface area (Å²) in [6.07, 6.45) is 11.2. The Morgan fingerprint density at radius 3 is 2.00 bits per heavy atom. The van der Waals surface area contributed by atoms with Crippen LogP contribution in [0.2, 0.25) is 0 Å². The maximum Gasteiger partial charge on any atom is 0.0339 e. The Morgan fingerprint density at radius 2 is 1.52 bits per heavy atom. The highest BCUT2D eigenvalue weighted by Gasteiger charge is 2.45. The molecule has 2 rings (SSSR count). The monoisotopic (exact) mass is 294 g/mol. The Labute approximate surface area is 132 Å². The fourth-order valence-corrected chi connectivity index (χ4v) is 5.34. The molecule has 2 fully saturated rings. The Kier molecular flexibility index (Phi) is 6.14. The number of hydrogen-bond donors (Lipinski definition) is 1. The van der Waals surface area contributed by atoms with Crippen LogP contribution in [0.25, 0.3) is 0 Å². The second-order valence-electron chi connectivity index (χ2n) is 8.57. The first-order valence-electron chi connectivity index (χ1n) is 9.45. The van der Waals surface area contributed by atoms with Gasteiger partial charge in [-0.2, -0.15) is 0 Å². The lowest BCUT2D eigenvalue weighted by molar-refractivity contribution is 0.0219. The summed E-state index contributed by atoms with van der Waals surface area (Å²) in [7, 11) is 0. The van der Waals surface area contributed by atoms with Crippen molar-refractivity contribution in [1.82, 2.24) is 4.90 Å². The molecular formula is C19H38N2. The van der Waals surface area contributed by atoms with Crippen molar-refractivity contribution in [3.05, 3.63) is 0 Å². The maximum absolute atomic E-state index is 6.40. The SMILES string of the molecule is CC(C)CC(CN)(CC(C)C)N1CCCC1C1CCCC1. The van der Waals surface area contributed by atoms with Crippen LogP contribution < -0.4 is 5.73 Å². The molecule has 0 aromatic heterocycles. The lowest BCUT2D eigenvalue weighted by atomic mass is 9.78. The number of hydrogen-bond acceptors (Lipinski definition) is 2. The van der Waals surface area contributed by atoms with E-state index in [0.29, 0.717) is 0 Å². The molecule has 1 saturated heterocycles. The number of nitrogens with two attached hydrogens (primary N) is 1. The zero-order valence-electron chi connectivity index (χ0n) is 14.9. The van der Waals surface area contributed by atoms with Crippen molar-refractivity contribution in [3.63, 3.8) is 0 Å². The summed E-state index contributed by atoms with van der Waals surface area (Å²) in [6, 6.07) is 0.827. The van der Waals surface area contributed by atoms with Gasteiger partial charge in [0.25, 0.3) is 0 Å². The maximum atomic E-state index is 6.40. The fraction of sp³-hybridized carbons (Fsp3) is 1.00. The van der Waals surface area contributed by atoms with E-state index in [0.717, 1.165) is 30.3 Å². The summed E-state index contributed by atoms with van der Waals surface area (Å²) in [6.45, 7) is 11.6. The van der Waals surface area contributed by atoms with E-state index in [9.17, 15) is 0 Å². The molecule has 0 aromatic carbocycles. The van der Waals surface area contributed by atoms with Crippen LogP contribution in [0, 0.1) is 17.8 Å². The summed E-state index contributed by atoms with van der Waals surface area (Å²) in [5.41, 5.74) is 6.66. The Hall–Kier alpha value is -0.0800. The van der Waals surface area contributed by atoms with Gasteiger partial charge in [-0.15, -0.1) is 0 Å². The van der Waals surface area contributed by atoms with Gasteiger partial charge >= 0.3 is 0 Å². The minimum Gasteiger partial charge on any atom is -0.329 e. The second kappa shape index (κ2) is 7.46. The van der Waals surface area contributed by atoms with Gasteiger partial charge in [-0.3, -0.25) is 4.90 Å². The van der Waals surface area contributed by atoms with Gasteiger partial charge in [0.1, 0.15) is 0 Å². The average Bonchev–Trinajstić information content (AvgIpc) is 3.07. The zero-order valence-corrected chi connectivity index (χ0v) is 14.9. The first-order valence-corrected chi connectivity index (χ1v) is 9.45.